The number of aryl methyl sites for hydroxylation is 1. The van der Waals surface area contributed by atoms with E-state index in [4.69, 9.17) is 10.6 Å². The van der Waals surface area contributed by atoms with Gasteiger partial charge in [-0.15, -0.1) is 0 Å². The molecule has 0 bridgehead atoms. The van der Waals surface area contributed by atoms with Crippen LogP contribution in [0.3, 0.4) is 0 Å². The monoisotopic (exact) mass is 226 g/mol. The summed E-state index contributed by atoms with van der Waals surface area (Å²) in [6.45, 7) is 2.07. The van der Waals surface area contributed by atoms with Crippen molar-refractivity contribution in [1.82, 2.24) is 15.2 Å². The molecule has 2 unspecified atom stereocenters. The van der Waals surface area contributed by atoms with E-state index in [1.54, 1.807) is 11.8 Å². The molecule has 0 fully saturated rings. The van der Waals surface area contributed by atoms with Gasteiger partial charge in [0.2, 0.25) is 0 Å². The second-order valence-electron chi connectivity index (χ2n) is 4.21. The molecule has 0 saturated heterocycles. The van der Waals surface area contributed by atoms with Gasteiger partial charge in [-0.05, 0) is 31.7 Å². The fourth-order valence-corrected chi connectivity index (χ4v) is 1.66. The molecule has 5 heteroatoms. The van der Waals surface area contributed by atoms with E-state index in [-0.39, 0.29) is 12.1 Å². The second kappa shape index (κ2) is 6.62. The van der Waals surface area contributed by atoms with E-state index in [0.717, 1.165) is 19.3 Å². The number of rotatable bonds is 7. The van der Waals surface area contributed by atoms with Crippen molar-refractivity contribution in [3.63, 3.8) is 0 Å². The number of hydrazine groups is 1. The van der Waals surface area contributed by atoms with Crippen LogP contribution < -0.4 is 11.3 Å². The van der Waals surface area contributed by atoms with Gasteiger partial charge in [-0.1, -0.05) is 0 Å². The summed E-state index contributed by atoms with van der Waals surface area (Å²) in [4.78, 5) is 0. The Bertz CT molecular complexity index is 300. The highest BCUT2D eigenvalue weighted by Crippen LogP contribution is 2.09. The predicted octanol–water partition coefficient (Wildman–Crippen LogP) is 0.610. The summed E-state index contributed by atoms with van der Waals surface area (Å²) in [5, 5.41) is 4.14. The summed E-state index contributed by atoms with van der Waals surface area (Å²) < 4.78 is 7.02. The topological polar surface area (TPSA) is 65.1 Å². The Balaban J connectivity index is 2.37. The summed E-state index contributed by atoms with van der Waals surface area (Å²) in [5.74, 6) is 5.54. The largest absolute Gasteiger partial charge is 0.382 e. The smallest absolute Gasteiger partial charge is 0.0543 e. The number of aromatic nitrogens is 2. The molecule has 1 heterocycles. The summed E-state index contributed by atoms with van der Waals surface area (Å²) in [6.07, 6.45) is 7.09. The number of nitrogens with zero attached hydrogens (tertiary/aromatic N) is 2. The second-order valence-corrected chi connectivity index (χ2v) is 4.21. The van der Waals surface area contributed by atoms with Crippen LogP contribution in [0.1, 0.15) is 25.3 Å². The Morgan fingerprint density at radius 2 is 2.31 bits per heavy atom. The van der Waals surface area contributed by atoms with E-state index in [1.807, 2.05) is 19.4 Å². The molecule has 1 aromatic rings. The molecule has 3 N–H and O–H groups in total. The molecular weight excluding hydrogens is 204 g/mol. The third-order valence-electron chi connectivity index (χ3n) is 2.80. The van der Waals surface area contributed by atoms with Crippen LogP contribution in [0.25, 0.3) is 0 Å². The molecule has 16 heavy (non-hydrogen) atoms. The van der Waals surface area contributed by atoms with Crippen LogP contribution in [0.2, 0.25) is 0 Å². The Morgan fingerprint density at radius 3 is 2.81 bits per heavy atom. The van der Waals surface area contributed by atoms with Gasteiger partial charge in [0.1, 0.15) is 0 Å². The van der Waals surface area contributed by atoms with Crippen molar-refractivity contribution < 1.29 is 4.74 Å². The SMILES string of the molecule is COC(C)CCC(Cc1cnn(C)c1)NN. The maximum absolute atomic E-state index is 5.54. The molecule has 1 rings (SSSR count). The lowest BCUT2D eigenvalue weighted by Gasteiger charge is -2.17. The fraction of sp³-hybridized carbons (Fsp3) is 0.727. The van der Waals surface area contributed by atoms with E-state index < -0.39 is 0 Å². The first-order valence-electron chi connectivity index (χ1n) is 5.62. The van der Waals surface area contributed by atoms with E-state index >= 15 is 0 Å². The van der Waals surface area contributed by atoms with Crippen LogP contribution in [0.4, 0.5) is 0 Å². The van der Waals surface area contributed by atoms with Crippen LogP contribution in [-0.2, 0) is 18.2 Å². The molecule has 0 spiro atoms. The van der Waals surface area contributed by atoms with E-state index in [9.17, 15) is 0 Å². The summed E-state index contributed by atoms with van der Waals surface area (Å²) >= 11 is 0. The van der Waals surface area contributed by atoms with E-state index in [2.05, 4.69) is 17.4 Å². The number of hydrogen-bond acceptors (Lipinski definition) is 4. The number of nitrogens with one attached hydrogen (secondary N) is 1. The number of ether oxygens (including phenoxy) is 1. The summed E-state index contributed by atoms with van der Waals surface area (Å²) in [7, 11) is 3.65. The highest BCUT2D eigenvalue weighted by molar-refractivity contribution is 5.05. The van der Waals surface area contributed by atoms with E-state index in [1.165, 1.54) is 5.56 Å². The zero-order valence-electron chi connectivity index (χ0n) is 10.3. The lowest BCUT2D eigenvalue weighted by molar-refractivity contribution is 0.106. The lowest BCUT2D eigenvalue weighted by Crippen LogP contribution is -2.37. The summed E-state index contributed by atoms with van der Waals surface area (Å²) in [5.41, 5.74) is 4.05. The lowest BCUT2D eigenvalue weighted by atomic mass is 10.0. The first-order valence-corrected chi connectivity index (χ1v) is 5.62. The molecule has 0 aliphatic rings. The van der Waals surface area contributed by atoms with Crippen LogP contribution in [0.5, 0.6) is 0 Å². The first-order chi connectivity index (χ1) is 7.65. The molecule has 92 valence electrons. The summed E-state index contributed by atoms with van der Waals surface area (Å²) in [6, 6.07) is 0.279. The third-order valence-corrected chi connectivity index (χ3v) is 2.80. The quantitative estimate of drug-likeness (QED) is 0.528. The number of nitrogens with two attached hydrogens (primary N) is 1. The Hall–Kier alpha value is -0.910. The van der Waals surface area contributed by atoms with E-state index in [0.29, 0.717) is 0 Å². The van der Waals surface area contributed by atoms with Crippen LogP contribution >= 0.6 is 0 Å². The average Bonchev–Trinajstić information content (AvgIpc) is 2.69. The van der Waals surface area contributed by atoms with Crippen molar-refractivity contribution in [1.29, 1.82) is 0 Å². The van der Waals surface area contributed by atoms with Crippen molar-refractivity contribution in [2.45, 2.75) is 38.3 Å². The van der Waals surface area contributed by atoms with Crippen molar-refractivity contribution in [3.05, 3.63) is 18.0 Å². The predicted molar refractivity (Wildman–Crippen MR) is 63.7 cm³/mol. The van der Waals surface area contributed by atoms with Gasteiger partial charge in [0.25, 0.3) is 0 Å². The molecular formula is C11H22N4O. The maximum atomic E-state index is 5.54. The Morgan fingerprint density at radius 1 is 1.56 bits per heavy atom. The Kier molecular flexibility index (Phi) is 5.45. The van der Waals surface area contributed by atoms with Gasteiger partial charge in [0.05, 0.1) is 12.3 Å². The molecule has 2 atom stereocenters. The molecule has 0 aliphatic carbocycles. The molecule has 0 aromatic carbocycles. The molecule has 5 nitrogen and oxygen atoms in total. The highest BCUT2D eigenvalue weighted by atomic mass is 16.5. The minimum atomic E-state index is 0.279. The minimum Gasteiger partial charge on any atom is -0.382 e. The number of hydrogen-bond donors (Lipinski definition) is 2. The van der Waals surface area contributed by atoms with Gasteiger partial charge in [-0.3, -0.25) is 16.0 Å². The molecule has 0 aliphatic heterocycles. The zero-order valence-corrected chi connectivity index (χ0v) is 10.3. The van der Waals surface area contributed by atoms with Crippen LogP contribution in [-0.4, -0.2) is 29.0 Å². The Labute approximate surface area is 96.9 Å². The number of methoxy groups -OCH3 is 1. The van der Waals surface area contributed by atoms with Crippen molar-refractivity contribution in [2.24, 2.45) is 12.9 Å². The van der Waals surface area contributed by atoms with Gasteiger partial charge in [0.15, 0.2) is 0 Å². The average molecular weight is 226 g/mol. The van der Waals surface area contributed by atoms with Gasteiger partial charge in [-0.25, -0.2) is 0 Å². The van der Waals surface area contributed by atoms with Crippen molar-refractivity contribution >= 4 is 0 Å². The third kappa shape index (κ3) is 4.30. The highest BCUT2D eigenvalue weighted by Gasteiger charge is 2.10. The van der Waals surface area contributed by atoms with Gasteiger partial charge in [-0.2, -0.15) is 5.10 Å². The normalized spacial score (nSPS) is 15.0. The van der Waals surface area contributed by atoms with Crippen LogP contribution in [0, 0.1) is 0 Å². The molecule has 0 radical (unpaired) electrons. The van der Waals surface area contributed by atoms with Crippen molar-refractivity contribution in [2.75, 3.05) is 7.11 Å². The van der Waals surface area contributed by atoms with Crippen LogP contribution in [0.15, 0.2) is 12.4 Å². The molecule has 0 amide bonds. The molecule has 0 saturated carbocycles. The fourth-order valence-electron chi connectivity index (χ4n) is 1.66. The van der Waals surface area contributed by atoms with Gasteiger partial charge >= 0.3 is 0 Å². The molecule has 1 aromatic heterocycles. The van der Waals surface area contributed by atoms with Crippen molar-refractivity contribution in [3.8, 4) is 0 Å². The maximum Gasteiger partial charge on any atom is 0.0543 e. The first kappa shape index (κ1) is 13.2. The van der Waals surface area contributed by atoms with Gasteiger partial charge in [0, 0.05) is 26.4 Å². The van der Waals surface area contributed by atoms with Gasteiger partial charge < -0.3 is 4.74 Å². The standard InChI is InChI=1S/C11H22N4O/c1-9(16-3)4-5-11(14-12)6-10-7-13-15(2)8-10/h7-9,11,14H,4-6,12H2,1-3H3. The minimum absolute atomic E-state index is 0.279. The zero-order chi connectivity index (χ0) is 12.0.